The number of carbonyl (C=O) groups is 1. The summed E-state index contributed by atoms with van der Waals surface area (Å²) in [5, 5.41) is 12.9. The molecule has 0 saturated carbocycles. The highest BCUT2D eigenvalue weighted by Crippen LogP contribution is 2.26. The van der Waals surface area contributed by atoms with Gasteiger partial charge in [-0.25, -0.2) is 0 Å². The molecular formula is C28H32ClN3O3. The number of halogens is 1. The lowest BCUT2D eigenvalue weighted by Gasteiger charge is -2.19. The molecule has 3 rings (SSSR count). The van der Waals surface area contributed by atoms with E-state index in [0.29, 0.717) is 29.2 Å². The first-order valence-electron chi connectivity index (χ1n) is 11.6. The first kappa shape index (κ1) is 26.3. The molecule has 1 heterocycles. The lowest BCUT2D eigenvalue weighted by molar-refractivity contribution is 0.0930. The molecule has 1 atom stereocenters. The zero-order valence-electron chi connectivity index (χ0n) is 20.4. The number of rotatable bonds is 10. The van der Waals surface area contributed by atoms with Crippen LogP contribution in [-0.2, 0) is 6.42 Å². The van der Waals surface area contributed by atoms with E-state index in [-0.39, 0.29) is 24.7 Å². The summed E-state index contributed by atoms with van der Waals surface area (Å²) in [6, 6.07) is 16.9. The van der Waals surface area contributed by atoms with Crippen molar-refractivity contribution in [3.63, 3.8) is 0 Å². The molecule has 7 heteroatoms. The van der Waals surface area contributed by atoms with Crippen LogP contribution in [0.4, 0.5) is 0 Å². The monoisotopic (exact) mass is 493 g/mol. The fourth-order valence-electron chi connectivity index (χ4n) is 3.78. The number of hydrogen-bond acceptors (Lipinski definition) is 4. The van der Waals surface area contributed by atoms with Gasteiger partial charge in [0.1, 0.15) is 11.2 Å². The minimum Gasteiger partial charge on any atom is -0.489 e. The number of aliphatic hydroxyl groups excluding tert-OH is 1. The van der Waals surface area contributed by atoms with Crippen LogP contribution in [0.1, 0.15) is 36.2 Å². The van der Waals surface area contributed by atoms with Gasteiger partial charge in [0.2, 0.25) is 0 Å². The van der Waals surface area contributed by atoms with Gasteiger partial charge in [-0.15, -0.1) is 0 Å². The second-order valence-corrected chi connectivity index (χ2v) is 8.89. The van der Waals surface area contributed by atoms with Crippen LogP contribution in [0, 0.1) is 0 Å². The van der Waals surface area contributed by atoms with Crippen molar-refractivity contribution in [2.75, 3.05) is 13.7 Å². The molecule has 2 N–H and O–H groups in total. The van der Waals surface area contributed by atoms with Crippen molar-refractivity contribution < 1.29 is 14.6 Å². The maximum atomic E-state index is 12.8. The van der Waals surface area contributed by atoms with E-state index in [1.807, 2.05) is 61.0 Å². The van der Waals surface area contributed by atoms with Crippen molar-refractivity contribution in [3.8, 4) is 16.9 Å². The molecule has 0 fully saturated rings. The quantitative estimate of drug-likeness (QED) is 0.419. The van der Waals surface area contributed by atoms with Crippen molar-refractivity contribution in [1.29, 1.82) is 0 Å². The molecular weight excluding hydrogens is 462 g/mol. The Morgan fingerprint density at radius 2 is 1.89 bits per heavy atom. The predicted molar refractivity (Wildman–Crippen MR) is 142 cm³/mol. The Bertz CT molecular complexity index is 1230. The van der Waals surface area contributed by atoms with Crippen molar-refractivity contribution >= 4 is 23.7 Å². The topological polar surface area (TPSA) is 75.8 Å². The minimum atomic E-state index is -0.242. The van der Waals surface area contributed by atoms with Crippen LogP contribution < -0.4 is 15.5 Å². The first-order chi connectivity index (χ1) is 16.8. The normalized spacial score (nSPS) is 12.5. The third kappa shape index (κ3) is 7.07. The number of ether oxygens (including phenoxy) is 1. The van der Waals surface area contributed by atoms with Crippen LogP contribution >= 0.6 is 11.6 Å². The molecule has 0 aliphatic rings. The second kappa shape index (κ2) is 12.4. The van der Waals surface area contributed by atoms with Gasteiger partial charge in [0.25, 0.3) is 5.91 Å². The van der Waals surface area contributed by atoms with E-state index < -0.39 is 0 Å². The Morgan fingerprint density at radius 3 is 2.49 bits per heavy atom. The van der Waals surface area contributed by atoms with E-state index in [0.717, 1.165) is 22.2 Å². The van der Waals surface area contributed by atoms with Crippen LogP contribution in [0.15, 0.2) is 72.4 Å². The molecule has 0 saturated heterocycles. The minimum absolute atomic E-state index is 0.0125. The molecule has 0 radical (unpaired) electrons. The maximum absolute atomic E-state index is 12.8. The number of nitrogens with zero attached hydrogens (tertiary/aromatic N) is 2. The molecule has 6 nitrogen and oxygen atoms in total. The van der Waals surface area contributed by atoms with E-state index in [1.165, 1.54) is 0 Å². The van der Waals surface area contributed by atoms with Gasteiger partial charge in [0, 0.05) is 37.7 Å². The second-order valence-electron chi connectivity index (χ2n) is 8.48. The number of aromatic nitrogens is 1. The molecule has 0 bridgehead atoms. The summed E-state index contributed by atoms with van der Waals surface area (Å²) >= 11 is 6.29. The summed E-state index contributed by atoms with van der Waals surface area (Å²) in [5.74, 6) is 0.302. The number of hydrogen-bond donors (Lipinski definition) is 2. The Labute approximate surface area is 211 Å². The van der Waals surface area contributed by atoms with Crippen molar-refractivity contribution in [2.24, 2.45) is 4.99 Å². The number of nitrogens with one attached hydrogen (secondary N) is 1. The number of amides is 1. The average Bonchev–Trinajstić information content (AvgIpc) is 2.85. The lowest BCUT2D eigenvalue weighted by atomic mass is 9.99. The molecule has 0 aliphatic carbocycles. The predicted octanol–water partition coefficient (Wildman–Crippen LogP) is 4.95. The third-order valence-corrected chi connectivity index (χ3v) is 5.81. The van der Waals surface area contributed by atoms with Crippen molar-refractivity contribution in [3.05, 3.63) is 89.0 Å². The van der Waals surface area contributed by atoms with Gasteiger partial charge in [0.05, 0.1) is 11.1 Å². The van der Waals surface area contributed by atoms with Crippen LogP contribution in [0.2, 0.25) is 5.02 Å². The zero-order chi connectivity index (χ0) is 25.4. The van der Waals surface area contributed by atoms with Crippen molar-refractivity contribution in [2.45, 2.75) is 38.8 Å². The van der Waals surface area contributed by atoms with Gasteiger partial charge in [0.15, 0.2) is 0 Å². The van der Waals surface area contributed by atoms with E-state index >= 15 is 0 Å². The number of pyridine rings is 1. The highest BCUT2D eigenvalue weighted by molar-refractivity contribution is 6.32. The van der Waals surface area contributed by atoms with E-state index in [4.69, 9.17) is 16.3 Å². The van der Waals surface area contributed by atoms with Gasteiger partial charge in [-0.1, -0.05) is 42.4 Å². The molecule has 0 spiro atoms. The summed E-state index contributed by atoms with van der Waals surface area (Å²) in [6.45, 7) is 7.64. The molecule has 0 aliphatic heterocycles. The van der Waals surface area contributed by atoms with E-state index in [9.17, 15) is 9.90 Å². The smallest absolute Gasteiger partial charge is 0.251 e. The van der Waals surface area contributed by atoms with Crippen LogP contribution in [0.25, 0.3) is 17.3 Å². The van der Waals surface area contributed by atoms with Crippen molar-refractivity contribution in [1.82, 2.24) is 9.88 Å². The lowest BCUT2D eigenvalue weighted by Crippen LogP contribution is -2.37. The first-order valence-corrected chi connectivity index (χ1v) is 12.0. The van der Waals surface area contributed by atoms with Gasteiger partial charge < -0.3 is 19.7 Å². The van der Waals surface area contributed by atoms with Crippen LogP contribution in [0.3, 0.4) is 0 Å². The van der Waals surface area contributed by atoms with E-state index in [2.05, 4.69) is 16.9 Å². The Balaban J connectivity index is 1.71. The molecule has 35 heavy (non-hydrogen) atoms. The summed E-state index contributed by atoms with van der Waals surface area (Å²) < 4.78 is 7.52. The highest BCUT2D eigenvalue weighted by Gasteiger charge is 2.16. The van der Waals surface area contributed by atoms with Gasteiger partial charge in [-0.2, -0.15) is 0 Å². The summed E-state index contributed by atoms with van der Waals surface area (Å²) in [6.07, 6.45) is 4.73. The Hall–Kier alpha value is -3.35. The maximum Gasteiger partial charge on any atom is 0.251 e. The van der Waals surface area contributed by atoms with Gasteiger partial charge in [-0.05, 0) is 73.7 Å². The molecule has 1 amide bonds. The van der Waals surface area contributed by atoms with Gasteiger partial charge in [-0.3, -0.25) is 9.79 Å². The standard InChI is InChI=1S/C28H32ClN3O3/c1-5-32-18-23(11-13-27(32)30-4)21-8-6-20(7-9-21)16-24(14-15-33)31-28(34)22-10-12-26(25(29)17-22)35-19(2)3/h5-13,17-19,24,33H,1,14-16H2,2-4H3,(H,31,34)/t24-/m1/s1. The fraction of sp³-hybridized carbons (Fsp3) is 0.286. The molecule has 184 valence electrons. The van der Waals surface area contributed by atoms with Gasteiger partial charge >= 0.3 is 0 Å². The van der Waals surface area contributed by atoms with E-state index in [1.54, 1.807) is 31.4 Å². The molecule has 2 aromatic carbocycles. The molecule has 1 aromatic heterocycles. The molecule has 3 aromatic rings. The summed E-state index contributed by atoms with van der Waals surface area (Å²) in [4.78, 5) is 17.1. The summed E-state index contributed by atoms with van der Waals surface area (Å²) in [7, 11) is 1.75. The van der Waals surface area contributed by atoms with Crippen LogP contribution in [0.5, 0.6) is 5.75 Å². The zero-order valence-corrected chi connectivity index (χ0v) is 21.1. The van der Waals surface area contributed by atoms with Crippen LogP contribution in [-0.4, -0.2) is 41.4 Å². The summed E-state index contributed by atoms with van der Waals surface area (Å²) in [5.41, 5.74) is 4.44. The number of aliphatic hydroxyl groups is 1. The average molecular weight is 494 g/mol. The number of benzene rings is 2. The fourth-order valence-corrected chi connectivity index (χ4v) is 4.00. The SMILES string of the molecule is C=Cn1cc(-c2ccc(C[C@@H](CCO)NC(=O)c3ccc(OC(C)C)c(Cl)c3)cc2)ccc1=NC. The Kier molecular flexibility index (Phi) is 9.29. The molecule has 0 unspecified atom stereocenters. The highest BCUT2D eigenvalue weighted by atomic mass is 35.5. The third-order valence-electron chi connectivity index (χ3n) is 5.52. The number of carbonyl (C=O) groups excluding carboxylic acids is 1. The largest absolute Gasteiger partial charge is 0.489 e. The Morgan fingerprint density at radius 1 is 1.17 bits per heavy atom.